The van der Waals surface area contributed by atoms with Gasteiger partial charge in [0.25, 0.3) is 0 Å². The Morgan fingerprint density at radius 2 is 2.29 bits per heavy atom. The molecule has 17 heavy (non-hydrogen) atoms. The predicted molar refractivity (Wildman–Crippen MR) is 65.5 cm³/mol. The molecule has 1 unspecified atom stereocenters. The lowest BCUT2D eigenvalue weighted by atomic mass is 10.1. The normalized spacial score (nSPS) is 12.6. The summed E-state index contributed by atoms with van der Waals surface area (Å²) in [6.07, 6.45) is 7.27. The van der Waals surface area contributed by atoms with Gasteiger partial charge in [-0.1, -0.05) is 6.92 Å². The Hall–Kier alpha value is -1.75. The van der Waals surface area contributed by atoms with Gasteiger partial charge in [-0.15, -0.1) is 0 Å². The first-order valence-electron chi connectivity index (χ1n) is 5.86. The maximum Gasteiger partial charge on any atom is 0.115 e. The maximum absolute atomic E-state index is 4.30. The van der Waals surface area contributed by atoms with E-state index in [0.717, 1.165) is 24.3 Å². The third kappa shape index (κ3) is 2.68. The molecular formula is C12H17N5. The standard InChI is InChI=1S/C12H17N5/c1-3-14-12(11-5-6-13-9-15-11)10-7-16-17(4-2)8-10/h5-9,12,14H,3-4H2,1-2H3. The van der Waals surface area contributed by atoms with Crippen molar-refractivity contribution in [1.82, 2.24) is 25.1 Å². The van der Waals surface area contributed by atoms with Crippen LogP contribution in [0.25, 0.3) is 0 Å². The number of aromatic nitrogens is 4. The van der Waals surface area contributed by atoms with Crippen LogP contribution in [0.3, 0.4) is 0 Å². The number of nitrogens with one attached hydrogen (secondary N) is 1. The topological polar surface area (TPSA) is 55.6 Å². The summed E-state index contributed by atoms with van der Waals surface area (Å²) in [5.41, 5.74) is 2.10. The van der Waals surface area contributed by atoms with Gasteiger partial charge in [0.2, 0.25) is 0 Å². The van der Waals surface area contributed by atoms with Crippen LogP contribution in [0.4, 0.5) is 0 Å². The third-order valence-corrected chi connectivity index (χ3v) is 2.62. The summed E-state index contributed by atoms with van der Waals surface area (Å²) in [4.78, 5) is 8.24. The quantitative estimate of drug-likeness (QED) is 0.845. The summed E-state index contributed by atoms with van der Waals surface area (Å²) in [5, 5.41) is 7.71. The number of aryl methyl sites for hydroxylation is 1. The Kier molecular flexibility index (Phi) is 3.82. The van der Waals surface area contributed by atoms with Crippen LogP contribution in [0, 0.1) is 0 Å². The fraction of sp³-hybridized carbons (Fsp3) is 0.417. The lowest BCUT2D eigenvalue weighted by molar-refractivity contribution is 0.610. The molecule has 0 saturated heterocycles. The molecule has 5 nitrogen and oxygen atoms in total. The van der Waals surface area contributed by atoms with E-state index in [-0.39, 0.29) is 6.04 Å². The number of hydrogen-bond donors (Lipinski definition) is 1. The summed E-state index contributed by atoms with van der Waals surface area (Å²) in [6, 6.07) is 2.01. The first-order chi connectivity index (χ1) is 8.35. The maximum atomic E-state index is 4.30. The summed E-state index contributed by atoms with van der Waals surface area (Å²) in [5.74, 6) is 0. The zero-order valence-corrected chi connectivity index (χ0v) is 10.2. The Morgan fingerprint density at radius 3 is 2.88 bits per heavy atom. The summed E-state index contributed by atoms with van der Waals surface area (Å²) < 4.78 is 1.92. The zero-order valence-electron chi connectivity index (χ0n) is 10.2. The van der Waals surface area contributed by atoms with E-state index in [9.17, 15) is 0 Å². The molecule has 0 radical (unpaired) electrons. The van der Waals surface area contributed by atoms with E-state index >= 15 is 0 Å². The van der Waals surface area contributed by atoms with Crippen molar-refractivity contribution in [3.8, 4) is 0 Å². The SMILES string of the molecule is CCNC(c1cnn(CC)c1)c1ccncn1. The molecule has 1 atom stereocenters. The molecule has 0 saturated carbocycles. The van der Waals surface area contributed by atoms with Gasteiger partial charge >= 0.3 is 0 Å². The number of hydrogen-bond acceptors (Lipinski definition) is 4. The molecule has 90 valence electrons. The van der Waals surface area contributed by atoms with Gasteiger partial charge in [-0.05, 0) is 19.5 Å². The van der Waals surface area contributed by atoms with Crippen LogP contribution in [0.15, 0.2) is 31.0 Å². The fourth-order valence-corrected chi connectivity index (χ4v) is 1.77. The molecule has 0 aliphatic carbocycles. The lowest BCUT2D eigenvalue weighted by Gasteiger charge is -2.15. The van der Waals surface area contributed by atoms with Gasteiger partial charge in [0.05, 0.1) is 17.9 Å². The van der Waals surface area contributed by atoms with E-state index in [2.05, 4.69) is 40.4 Å². The average molecular weight is 231 g/mol. The number of rotatable bonds is 5. The molecule has 2 heterocycles. The first-order valence-corrected chi connectivity index (χ1v) is 5.86. The lowest BCUT2D eigenvalue weighted by Crippen LogP contribution is -2.22. The van der Waals surface area contributed by atoms with Gasteiger partial charge in [-0.2, -0.15) is 5.10 Å². The molecule has 0 spiro atoms. The van der Waals surface area contributed by atoms with Crippen LogP contribution in [0.5, 0.6) is 0 Å². The molecule has 0 aromatic carbocycles. The van der Waals surface area contributed by atoms with E-state index in [4.69, 9.17) is 0 Å². The summed E-state index contributed by atoms with van der Waals surface area (Å²) in [6.45, 7) is 5.91. The van der Waals surface area contributed by atoms with Crippen LogP contribution < -0.4 is 5.32 Å². The van der Waals surface area contributed by atoms with Gasteiger partial charge in [-0.3, -0.25) is 4.68 Å². The smallest absolute Gasteiger partial charge is 0.115 e. The van der Waals surface area contributed by atoms with Crippen molar-refractivity contribution < 1.29 is 0 Å². The zero-order chi connectivity index (χ0) is 12.1. The minimum absolute atomic E-state index is 0.0864. The molecule has 0 amide bonds. The highest BCUT2D eigenvalue weighted by atomic mass is 15.3. The van der Waals surface area contributed by atoms with Crippen molar-refractivity contribution in [2.24, 2.45) is 0 Å². The van der Waals surface area contributed by atoms with Crippen LogP contribution in [-0.4, -0.2) is 26.3 Å². The fourth-order valence-electron chi connectivity index (χ4n) is 1.77. The van der Waals surface area contributed by atoms with Crippen molar-refractivity contribution in [2.45, 2.75) is 26.4 Å². The average Bonchev–Trinajstić information content (AvgIpc) is 2.85. The molecule has 2 aromatic heterocycles. The molecule has 5 heteroatoms. The Bertz CT molecular complexity index is 451. The minimum Gasteiger partial charge on any atom is -0.305 e. The monoisotopic (exact) mass is 231 g/mol. The molecule has 0 aliphatic rings. The van der Waals surface area contributed by atoms with Crippen molar-refractivity contribution in [2.75, 3.05) is 6.54 Å². The van der Waals surface area contributed by atoms with Gasteiger partial charge in [-0.25, -0.2) is 9.97 Å². The highest BCUT2D eigenvalue weighted by molar-refractivity contribution is 5.22. The van der Waals surface area contributed by atoms with E-state index in [1.807, 2.05) is 16.9 Å². The van der Waals surface area contributed by atoms with Crippen LogP contribution in [-0.2, 0) is 6.54 Å². The van der Waals surface area contributed by atoms with Crippen molar-refractivity contribution >= 4 is 0 Å². The van der Waals surface area contributed by atoms with Crippen LogP contribution in [0.2, 0.25) is 0 Å². The number of nitrogens with zero attached hydrogens (tertiary/aromatic N) is 4. The predicted octanol–water partition coefficient (Wildman–Crippen LogP) is 1.39. The Labute approximate surface area is 101 Å². The summed E-state index contributed by atoms with van der Waals surface area (Å²) >= 11 is 0. The highest BCUT2D eigenvalue weighted by Crippen LogP contribution is 2.18. The van der Waals surface area contributed by atoms with E-state index < -0.39 is 0 Å². The molecule has 2 aromatic rings. The van der Waals surface area contributed by atoms with Gasteiger partial charge < -0.3 is 5.32 Å². The first kappa shape index (κ1) is 11.7. The Morgan fingerprint density at radius 1 is 1.41 bits per heavy atom. The molecule has 0 bridgehead atoms. The second-order valence-electron chi connectivity index (χ2n) is 3.75. The van der Waals surface area contributed by atoms with Crippen molar-refractivity contribution in [1.29, 1.82) is 0 Å². The van der Waals surface area contributed by atoms with Gasteiger partial charge in [0.15, 0.2) is 0 Å². The van der Waals surface area contributed by atoms with Crippen molar-refractivity contribution in [3.05, 3.63) is 42.2 Å². The second kappa shape index (κ2) is 5.54. The molecule has 2 rings (SSSR count). The van der Waals surface area contributed by atoms with Crippen LogP contribution >= 0.6 is 0 Å². The highest BCUT2D eigenvalue weighted by Gasteiger charge is 2.15. The minimum atomic E-state index is 0.0864. The van der Waals surface area contributed by atoms with E-state index in [1.165, 1.54) is 0 Å². The van der Waals surface area contributed by atoms with Crippen LogP contribution in [0.1, 0.15) is 31.1 Å². The van der Waals surface area contributed by atoms with E-state index in [1.54, 1.807) is 12.5 Å². The summed E-state index contributed by atoms with van der Waals surface area (Å²) in [7, 11) is 0. The van der Waals surface area contributed by atoms with E-state index in [0.29, 0.717) is 0 Å². The molecule has 0 aliphatic heterocycles. The second-order valence-corrected chi connectivity index (χ2v) is 3.75. The Balaban J connectivity index is 2.28. The molecule has 0 fully saturated rings. The van der Waals surface area contributed by atoms with Crippen molar-refractivity contribution in [3.63, 3.8) is 0 Å². The molecular weight excluding hydrogens is 214 g/mol. The van der Waals surface area contributed by atoms with Gasteiger partial charge in [0, 0.05) is 24.5 Å². The van der Waals surface area contributed by atoms with Gasteiger partial charge in [0.1, 0.15) is 6.33 Å². The third-order valence-electron chi connectivity index (χ3n) is 2.62. The largest absolute Gasteiger partial charge is 0.305 e. The molecule has 1 N–H and O–H groups in total.